The molecule has 0 atom stereocenters. The first kappa shape index (κ1) is 24.1. The average molecular weight is 504 g/mol. The second-order valence-corrected chi connectivity index (χ2v) is 11.5. The molecular formula is C27H29N5O3S. The summed E-state index contributed by atoms with van der Waals surface area (Å²) in [7, 11) is -1.29. The Hall–Kier alpha value is -3.56. The SMILES string of the molecule is Cc1c(-c2cc3cc[nH]c(=O)c3c(Nc3ccc(C4CCN(C)CC4)cc3)n2)cncc1S(C)(=O)=O. The maximum atomic E-state index is 12.7. The summed E-state index contributed by atoms with van der Waals surface area (Å²) in [6.45, 7) is 3.95. The summed E-state index contributed by atoms with van der Waals surface area (Å²) in [5.41, 5.74) is 3.59. The van der Waals surface area contributed by atoms with Gasteiger partial charge >= 0.3 is 0 Å². The second kappa shape index (κ2) is 9.48. The molecule has 1 fully saturated rings. The van der Waals surface area contributed by atoms with Crippen LogP contribution in [0.5, 0.6) is 0 Å². The van der Waals surface area contributed by atoms with Crippen LogP contribution in [0.15, 0.2) is 64.7 Å². The number of hydrogen-bond acceptors (Lipinski definition) is 7. The molecular weight excluding hydrogens is 474 g/mol. The van der Waals surface area contributed by atoms with E-state index in [9.17, 15) is 13.2 Å². The standard InChI is InChI=1S/C27H29N5O3S/c1-17-22(15-28-16-24(17)36(3,34)35)23-14-20-8-11-29-27(33)25(20)26(31-23)30-21-6-4-18(5-7-21)19-9-12-32(2)13-10-19/h4-8,11,14-16,19H,9-10,12-13H2,1-3H3,(H,29,33)(H,30,31). The Morgan fingerprint density at radius 1 is 1.08 bits per heavy atom. The van der Waals surface area contributed by atoms with Crippen LogP contribution in [-0.2, 0) is 9.84 Å². The molecule has 36 heavy (non-hydrogen) atoms. The van der Waals surface area contributed by atoms with Gasteiger partial charge in [0.15, 0.2) is 9.84 Å². The van der Waals surface area contributed by atoms with Gasteiger partial charge in [-0.05, 0) is 86.6 Å². The van der Waals surface area contributed by atoms with Crippen molar-refractivity contribution in [1.29, 1.82) is 0 Å². The molecule has 4 aromatic rings. The third kappa shape index (κ3) is 4.76. The minimum atomic E-state index is -3.45. The molecule has 1 aromatic carbocycles. The van der Waals surface area contributed by atoms with Crippen LogP contribution >= 0.6 is 0 Å². The lowest BCUT2D eigenvalue weighted by Gasteiger charge is -2.29. The van der Waals surface area contributed by atoms with Gasteiger partial charge in [0.05, 0.1) is 16.0 Å². The molecule has 0 amide bonds. The third-order valence-corrected chi connectivity index (χ3v) is 8.17. The Morgan fingerprint density at radius 2 is 1.81 bits per heavy atom. The summed E-state index contributed by atoms with van der Waals surface area (Å²) in [6.07, 6.45) is 8.00. The summed E-state index contributed by atoms with van der Waals surface area (Å²) in [4.78, 5) is 26.9. The predicted molar refractivity (Wildman–Crippen MR) is 143 cm³/mol. The molecule has 4 heterocycles. The molecule has 186 valence electrons. The molecule has 2 N–H and O–H groups in total. The molecule has 0 radical (unpaired) electrons. The molecule has 1 aliphatic rings. The number of aromatic amines is 1. The number of rotatable bonds is 5. The summed E-state index contributed by atoms with van der Waals surface area (Å²) in [5, 5.41) is 4.45. The van der Waals surface area contributed by atoms with Crippen LogP contribution in [0, 0.1) is 6.92 Å². The smallest absolute Gasteiger partial charge is 0.259 e. The van der Waals surface area contributed by atoms with Crippen molar-refractivity contribution in [2.75, 3.05) is 31.7 Å². The van der Waals surface area contributed by atoms with E-state index in [4.69, 9.17) is 4.98 Å². The fourth-order valence-electron chi connectivity index (χ4n) is 4.90. The van der Waals surface area contributed by atoms with E-state index >= 15 is 0 Å². The highest BCUT2D eigenvalue weighted by Gasteiger charge is 2.20. The highest BCUT2D eigenvalue weighted by Crippen LogP contribution is 2.32. The molecule has 0 unspecified atom stereocenters. The quantitative estimate of drug-likeness (QED) is 0.419. The van der Waals surface area contributed by atoms with Crippen LogP contribution in [0.2, 0.25) is 0 Å². The minimum Gasteiger partial charge on any atom is -0.340 e. The van der Waals surface area contributed by atoms with E-state index in [2.05, 4.69) is 39.4 Å². The highest BCUT2D eigenvalue weighted by atomic mass is 32.2. The number of nitrogens with zero attached hydrogens (tertiary/aromatic N) is 3. The summed E-state index contributed by atoms with van der Waals surface area (Å²) in [5.74, 6) is 0.957. The number of fused-ring (bicyclic) bond motifs is 1. The van der Waals surface area contributed by atoms with Gasteiger partial charge in [-0.25, -0.2) is 13.4 Å². The molecule has 5 rings (SSSR count). The van der Waals surface area contributed by atoms with Gasteiger partial charge in [-0.3, -0.25) is 9.78 Å². The lowest BCUT2D eigenvalue weighted by molar-refractivity contribution is 0.255. The van der Waals surface area contributed by atoms with Gasteiger partial charge in [0, 0.05) is 36.1 Å². The van der Waals surface area contributed by atoms with Crippen molar-refractivity contribution < 1.29 is 8.42 Å². The van der Waals surface area contributed by atoms with Crippen LogP contribution in [0.3, 0.4) is 0 Å². The number of anilines is 2. The minimum absolute atomic E-state index is 0.159. The molecule has 9 heteroatoms. The van der Waals surface area contributed by atoms with Gasteiger partial charge in [-0.2, -0.15) is 0 Å². The van der Waals surface area contributed by atoms with E-state index in [0.717, 1.165) is 37.9 Å². The Balaban J connectivity index is 1.55. The molecule has 1 aliphatic heterocycles. The number of aromatic nitrogens is 3. The third-order valence-electron chi connectivity index (χ3n) is 6.96. The van der Waals surface area contributed by atoms with Crippen molar-refractivity contribution in [3.05, 3.63) is 76.5 Å². The molecule has 8 nitrogen and oxygen atoms in total. The second-order valence-electron chi connectivity index (χ2n) is 9.53. The van der Waals surface area contributed by atoms with Gasteiger partial charge in [-0.1, -0.05) is 12.1 Å². The highest BCUT2D eigenvalue weighted by molar-refractivity contribution is 7.90. The van der Waals surface area contributed by atoms with E-state index < -0.39 is 9.84 Å². The van der Waals surface area contributed by atoms with Crippen LogP contribution in [-0.4, -0.2) is 54.7 Å². The number of likely N-dealkylation sites (tertiary alicyclic amines) is 1. The van der Waals surface area contributed by atoms with Crippen LogP contribution in [0.1, 0.15) is 29.9 Å². The van der Waals surface area contributed by atoms with E-state index in [0.29, 0.717) is 39.3 Å². The Labute approximate surface area is 210 Å². The average Bonchev–Trinajstić information content (AvgIpc) is 2.84. The fraction of sp³-hybridized carbons (Fsp3) is 0.296. The van der Waals surface area contributed by atoms with E-state index in [1.54, 1.807) is 31.5 Å². The van der Waals surface area contributed by atoms with Crippen molar-refractivity contribution in [1.82, 2.24) is 19.9 Å². The molecule has 1 saturated heterocycles. The Morgan fingerprint density at radius 3 is 2.50 bits per heavy atom. The van der Waals surface area contributed by atoms with Gasteiger partial charge < -0.3 is 15.2 Å². The normalized spacial score (nSPS) is 15.3. The monoisotopic (exact) mass is 503 g/mol. The number of H-pyrrole nitrogens is 1. The molecule has 0 spiro atoms. The molecule has 0 bridgehead atoms. The first-order valence-corrected chi connectivity index (χ1v) is 13.8. The first-order chi connectivity index (χ1) is 17.2. The van der Waals surface area contributed by atoms with Crippen molar-refractivity contribution in [3.8, 4) is 11.3 Å². The maximum Gasteiger partial charge on any atom is 0.259 e. The number of benzene rings is 1. The van der Waals surface area contributed by atoms with Gasteiger partial charge in [-0.15, -0.1) is 0 Å². The molecule has 3 aromatic heterocycles. The van der Waals surface area contributed by atoms with Gasteiger partial charge in [0.2, 0.25) is 0 Å². The zero-order chi connectivity index (χ0) is 25.4. The number of hydrogen-bond donors (Lipinski definition) is 2. The van der Waals surface area contributed by atoms with Crippen LogP contribution in [0.25, 0.3) is 22.0 Å². The van der Waals surface area contributed by atoms with E-state index in [1.807, 2.05) is 12.1 Å². The zero-order valence-corrected chi connectivity index (χ0v) is 21.4. The van der Waals surface area contributed by atoms with Gasteiger partial charge in [0.25, 0.3) is 5.56 Å². The van der Waals surface area contributed by atoms with Crippen LogP contribution in [0.4, 0.5) is 11.5 Å². The Kier molecular flexibility index (Phi) is 6.36. The summed E-state index contributed by atoms with van der Waals surface area (Å²) >= 11 is 0. The molecule has 0 saturated carbocycles. The number of piperidine rings is 1. The number of nitrogens with one attached hydrogen (secondary N) is 2. The lowest BCUT2D eigenvalue weighted by atomic mass is 9.89. The van der Waals surface area contributed by atoms with Crippen molar-refractivity contribution in [2.24, 2.45) is 0 Å². The number of pyridine rings is 3. The zero-order valence-electron chi connectivity index (χ0n) is 20.6. The largest absolute Gasteiger partial charge is 0.340 e. The van der Waals surface area contributed by atoms with Crippen molar-refractivity contribution in [2.45, 2.75) is 30.6 Å². The van der Waals surface area contributed by atoms with Crippen molar-refractivity contribution >= 4 is 32.1 Å². The van der Waals surface area contributed by atoms with Crippen molar-refractivity contribution in [3.63, 3.8) is 0 Å². The molecule has 0 aliphatic carbocycles. The van der Waals surface area contributed by atoms with Crippen LogP contribution < -0.4 is 10.9 Å². The summed E-state index contributed by atoms with van der Waals surface area (Å²) in [6, 6.07) is 11.9. The van der Waals surface area contributed by atoms with E-state index in [-0.39, 0.29) is 10.5 Å². The predicted octanol–water partition coefficient (Wildman–Crippen LogP) is 4.25. The van der Waals surface area contributed by atoms with Gasteiger partial charge in [0.1, 0.15) is 5.82 Å². The number of sulfone groups is 1. The topological polar surface area (TPSA) is 108 Å². The fourth-order valence-corrected chi connectivity index (χ4v) is 5.82. The maximum absolute atomic E-state index is 12.7. The van der Waals surface area contributed by atoms with E-state index in [1.165, 1.54) is 11.8 Å². The lowest BCUT2D eigenvalue weighted by Crippen LogP contribution is -2.29. The first-order valence-electron chi connectivity index (χ1n) is 11.9. The summed E-state index contributed by atoms with van der Waals surface area (Å²) < 4.78 is 24.5. The Bertz CT molecular complexity index is 1590.